The smallest absolute Gasteiger partial charge is 0.330 e. The first-order valence-electron chi connectivity index (χ1n) is 10.2. The fraction of sp³-hybridized carbons (Fsp3) is 0.435. The third-order valence-electron chi connectivity index (χ3n) is 5.78. The first-order valence-corrected chi connectivity index (χ1v) is 10.2. The number of nitrogens with zero attached hydrogens (tertiary/aromatic N) is 1. The van der Waals surface area contributed by atoms with Crippen molar-refractivity contribution in [2.75, 3.05) is 13.1 Å². The van der Waals surface area contributed by atoms with E-state index in [4.69, 9.17) is 0 Å². The summed E-state index contributed by atoms with van der Waals surface area (Å²) in [5.41, 5.74) is 0.535. The Hall–Kier alpha value is -2.89. The fourth-order valence-corrected chi connectivity index (χ4v) is 3.81. The van der Waals surface area contributed by atoms with Crippen molar-refractivity contribution in [2.45, 2.75) is 39.2 Å². The molecule has 2 aromatic rings. The summed E-state index contributed by atoms with van der Waals surface area (Å²) < 4.78 is 0. The number of fused-ring (bicyclic) bond motifs is 1. The van der Waals surface area contributed by atoms with E-state index in [-0.39, 0.29) is 23.7 Å². The molecule has 154 valence electrons. The number of aliphatic carboxylic acids is 1. The maximum atomic E-state index is 12.8. The normalized spacial score (nSPS) is 18.8. The van der Waals surface area contributed by atoms with Crippen LogP contribution in [0.1, 0.15) is 44.7 Å². The Bertz CT molecular complexity index is 911. The second-order valence-electron chi connectivity index (χ2n) is 7.82. The van der Waals surface area contributed by atoms with Gasteiger partial charge in [0.25, 0.3) is 0 Å². The van der Waals surface area contributed by atoms with Gasteiger partial charge in [-0.1, -0.05) is 50.2 Å². The summed E-state index contributed by atoms with van der Waals surface area (Å²) in [5.74, 6) is -1.81. The molecule has 0 aromatic heterocycles. The minimum atomic E-state index is -1.12. The first-order chi connectivity index (χ1) is 13.9. The van der Waals surface area contributed by atoms with Gasteiger partial charge in [0.2, 0.25) is 11.8 Å². The van der Waals surface area contributed by atoms with Gasteiger partial charge in [-0.15, -0.1) is 0 Å². The lowest BCUT2D eigenvalue weighted by Crippen LogP contribution is -2.48. The lowest BCUT2D eigenvalue weighted by atomic mass is 9.94. The zero-order valence-electron chi connectivity index (χ0n) is 16.9. The van der Waals surface area contributed by atoms with Crippen LogP contribution in [0.4, 0.5) is 0 Å². The fourth-order valence-electron chi connectivity index (χ4n) is 3.81. The van der Waals surface area contributed by atoms with Crippen molar-refractivity contribution in [2.24, 2.45) is 11.8 Å². The topological polar surface area (TPSA) is 86.7 Å². The van der Waals surface area contributed by atoms with Gasteiger partial charge < -0.3 is 15.3 Å². The Labute approximate surface area is 170 Å². The maximum Gasteiger partial charge on any atom is 0.330 e. The Kier molecular flexibility index (Phi) is 6.52. The summed E-state index contributed by atoms with van der Waals surface area (Å²) in [6.45, 7) is 4.86. The molecule has 1 aliphatic heterocycles. The van der Waals surface area contributed by atoms with Crippen molar-refractivity contribution in [3.8, 4) is 0 Å². The number of benzene rings is 2. The number of rotatable bonds is 6. The molecule has 6 heteroatoms. The summed E-state index contributed by atoms with van der Waals surface area (Å²) in [5, 5.41) is 14.3. The number of amides is 2. The third-order valence-corrected chi connectivity index (χ3v) is 5.78. The molecule has 2 aromatic carbocycles. The van der Waals surface area contributed by atoms with Crippen molar-refractivity contribution in [3.05, 3.63) is 48.0 Å². The van der Waals surface area contributed by atoms with Crippen molar-refractivity contribution in [1.82, 2.24) is 10.2 Å². The molecule has 29 heavy (non-hydrogen) atoms. The number of hydrogen-bond acceptors (Lipinski definition) is 3. The minimum absolute atomic E-state index is 0.0642. The van der Waals surface area contributed by atoms with E-state index < -0.39 is 12.0 Å². The standard InChI is InChI=1S/C23H28N2O4/c1-3-15(2)22(27)25-12-6-9-19(14-25)21(26)24-20(23(28)29)18-11-10-16-7-4-5-8-17(16)13-18/h4-5,7-8,10-11,13,15,19-20H,3,6,9,12,14H2,1-2H3,(H,24,26)(H,28,29). The molecule has 3 rings (SSSR count). The van der Waals surface area contributed by atoms with E-state index in [1.54, 1.807) is 17.0 Å². The monoisotopic (exact) mass is 396 g/mol. The van der Waals surface area contributed by atoms with Gasteiger partial charge in [-0.2, -0.15) is 0 Å². The van der Waals surface area contributed by atoms with E-state index in [0.717, 1.165) is 23.6 Å². The van der Waals surface area contributed by atoms with Crippen LogP contribution in [0.25, 0.3) is 10.8 Å². The molecule has 0 aliphatic carbocycles. The molecule has 3 unspecified atom stereocenters. The zero-order valence-corrected chi connectivity index (χ0v) is 16.9. The Balaban J connectivity index is 1.73. The van der Waals surface area contributed by atoms with Gasteiger partial charge in [-0.05, 0) is 41.7 Å². The molecule has 0 saturated carbocycles. The molecule has 1 aliphatic rings. The van der Waals surface area contributed by atoms with Gasteiger partial charge in [0.15, 0.2) is 6.04 Å². The average Bonchev–Trinajstić information content (AvgIpc) is 2.75. The van der Waals surface area contributed by atoms with Crippen LogP contribution in [-0.2, 0) is 14.4 Å². The van der Waals surface area contributed by atoms with Gasteiger partial charge in [-0.25, -0.2) is 4.79 Å². The second-order valence-corrected chi connectivity index (χ2v) is 7.82. The molecule has 2 amide bonds. The van der Waals surface area contributed by atoms with Gasteiger partial charge in [0.05, 0.1) is 5.92 Å². The largest absolute Gasteiger partial charge is 0.479 e. The SMILES string of the molecule is CCC(C)C(=O)N1CCCC(C(=O)NC(C(=O)O)c2ccc3ccccc3c2)C1. The van der Waals surface area contributed by atoms with Crippen LogP contribution in [0, 0.1) is 11.8 Å². The van der Waals surface area contributed by atoms with Crippen LogP contribution in [0.15, 0.2) is 42.5 Å². The van der Waals surface area contributed by atoms with E-state index >= 15 is 0 Å². The third kappa shape index (κ3) is 4.75. The summed E-state index contributed by atoms with van der Waals surface area (Å²) in [6.07, 6.45) is 2.16. The number of hydrogen-bond donors (Lipinski definition) is 2. The van der Waals surface area contributed by atoms with Crippen molar-refractivity contribution >= 4 is 28.6 Å². The number of carboxylic acids is 1. The molecule has 3 atom stereocenters. The predicted octanol–water partition coefficient (Wildman–Crippen LogP) is 3.37. The van der Waals surface area contributed by atoms with Crippen LogP contribution < -0.4 is 5.32 Å². The first kappa shape index (κ1) is 20.8. The number of carbonyl (C=O) groups is 3. The van der Waals surface area contributed by atoms with E-state index in [0.29, 0.717) is 25.1 Å². The number of carbonyl (C=O) groups excluding carboxylic acids is 2. The van der Waals surface area contributed by atoms with Gasteiger partial charge >= 0.3 is 5.97 Å². The predicted molar refractivity (Wildman–Crippen MR) is 111 cm³/mol. The molecule has 2 N–H and O–H groups in total. The van der Waals surface area contributed by atoms with Gasteiger partial charge in [-0.3, -0.25) is 9.59 Å². The van der Waals surface area contributed by atoms with Gasteiger partial charge in [0.1, 0.15) is 0 Å². The number of carboxylic acid groups (broad SMARTS) is 1. The van der Waals surface area contributed by atoms with Crippen LogP contribution in [0.3, 0.4) is 0 Å². The lowest BCUT2D eigenvalue weighted by Gasteiger charge is -2.34. The lowest BCUT2D eigenvalue weighted by molar-refractivity contribution is -0.144. The van der Waals surface area contributed by atoms with Crippen molar-refractivity contribution < 1.29 is 19.5 Å². The van der Waals surface area contributed by atoms with Crippen LogP contribution >= 0.6 is 0 Å². The minimum Gasteiger partial charge on any atom is -0.479 e. The summed E-state index contributed by atoms with van der Waals surface area (Å²) in [6, 6.07) is 12.0. The molecule has 6 nitrogen and oxygen atoms in total. The summed E-state index contributed by atoms with van der Waals surface area (Å²) in [4.78, 5) is 38.9. The molecular formula is C23H28N2O4. The molecular weight excluding hydrogens is 368 g/mol. The van der Waals surface area contributed by atoms with Crippen LogP contribution in [0.2, 0.25) is 0 Å². The molecule has 1 heterocycles. The Morgan fingerprint density at radius 3 is 2.59 bits per heavy atom. The van der Waals surface area contributed by atoms with E-state index in [1.165, 1.54) is 0 Å². The van der Waals surface area contributed by atoms with Crippen molar-refractivity contribution in [3.63, 3.8) is 0 Å². The van der Waals surface area contributed by atoms with Crippen LogP contribution in [0.5, 0.6) is 0 Å². The molecule has 0 radical (unpaired) electrons. The number of likely N-dealkylation sites (tertiary alicyclic amines) is 1. The highest BCUT2D eigenvalue weighted by Gasteiger charge is 2.32. The highest BCUT2D eigenvalue weighted by molar-refractivity contribution is 5.89. The maximum absolute atomic E-state index is 12.8. The quantitative estimate of drug-likeness (QED) is 0.784. The number of piperidine rings is 1. The van der Waals surface area contributed by atoms with E-state index in [9.17, 15) is 19.5 Å². The van der Waals surface area contributed by atoms with E-state index in [1.807, 2.05) is 44.2 Å². The molecule has 0 spiro atoms. The Morgan fingerprint density at radius 1 is 1.17 bits per heavy atom. The van der Waals surface area contributed by atoms with Crippen LogP contribution in [-0.4, -0.2) is 40.9 Å². The van der Waals surface area contributed by atoms with E-state index in [2.05, 4.69) is 5.32 Å². The summed E-state index contributed by atoms with van der Waals surface area (Å²) >= 11 is 0. The molecule has 0 bridgehead atoms. The summed E-state index contributed by atoms with van der Waals surface area (Å²) in [7, 11) is 0. The molecule has 1 fully saturated rings. The van der Waals surface area contributed by atoms with Gasteiger partial charge in [0, 0.05) is 19.0 Å². The average molecular weight is 396 g/mol. The van der Waals surface area contributed by atoms with Crippen molar-refractivity contribution in [1.29, 1.82) is 0 Å². The number of nitrogens with one attached hydrogen (secondary N) is 1. The highest BCUT2D eigenvalue weighted by Crippen LogP contribution is 2.23. The Morgan fingerprint density at radius 2 is 1.90 bits per heavy atom. The zero-order chi connectivity index (χ0) is 21.0. The highest BCUT2D eigenvalue weighted by atomic mass is 16.4. The molecule has 1 saturated heterocycles. The second kappa shape index (κ2) is 9.07.